The summed E-state index contributed by atoms with van der Waals surface area (Å²) in [5, 5.41) is 22.3. The van der Waals surface area contributed by atoms with E-state index in [4.69, 9.17) is 16.9 Å². The summed E-state index contributed by atoms with van der Waals surface area (Å²) in [4.78, 5) is 22.0. The first-order valence-corrected chi connectivity index (χ1v) is 6.05. The highest BCUT2D eigenvalue weighted by molar-refractivity contribution is 6.34. The van der Waals surface area contributed by atoms with Crippen LogP contribution in [0.1, 0.15) is 23.2 Å². The maximum absolute atomic E-state index is 12.0. The van der Waals surface area contributed by atoms with Crippen LogP contribution in [0.4, 0.5) is 5.69 Å². The third-order valence-electron chi connectivity index (χ3n) is 2.92. The van der Waals surface area contributed by atoms with Crippen LogP contribution in [-0.2, 0) is 0 Å². The molecular weight excluding hydrogens is 270 g/mol. The van der Waals surface area contributed by atoms with Gasteiger partial charge in [0.25, 0.3) is 11.6 Å². The Bertz CT molecular complexity index is 578. The zero-order chi connectivity index (χ0) is 14.0. The molecule has 0 aromatic heterocycles. The molecule has 2 rings (SSSR count). The van der Waals surface area contributed by atoms with Crippen LogP contribution in [0.5, 0.6) is 0 Å². The number of halogens is 1. The average Bonchev–Trinajstić information content (AvgIpc) is 3.20. The molecule has 1 N–H and O–H groups in total. The molecule has 0 radical (unpaired) electrons. The van der Waals surface area contributed by atoms with E-state index in [1.807, 2.05) is 6.07 Å². The highest BCUT2D eigenvalue weighted by Crippen LogP contribution is 2.32. The molecule has 1 aliphatic rings. The van der Waals surface area contributed by atoms with Gasteiger partial charge in [-0.05, 0) is 24.8 Å². The first-order chi connectivity index (χ1) is 9.02. The van der Waals surface area contributed by atoms with E-state index in [1.165, 1.54) is 12.1 Å². The Kier molecular flexibility index (Phi) is 3.67. The van der Waals surface area contributed by atoms with Crippen LogP contribution >= 0.6 is 11.6 Å². The first-order valence-electron chi connectivity index (χ1n) is 5.67. The van der Waals surface area contributed by atoms with Crippen LogP contribution in [0.3, 0.4) is 0 Å². The fourth-order valence-electron chi connectivity index (χ4n) is 1.70. The van der Waals surface area contributed by atoms with Crippen molar-refractivity contribution in [1.29, 1.82) is 5.26 Å². The highest BCUT2D eigenvalue weighted by Gasteiger charge is 2.33. The Balaban J connectivity index is 2.20. The number of non-ortho nitro benzene ring substituents is 1. The van der Waals surface area contributed by atoms with E-state index in [0.29, 0.717) is 0 Å². The predicted octanol–water partition coefficient (Wildman–Crippen LogP) is 2.28. The number of rotatable bonds is 4. The van der Waals surface area contributed by atoms with E-state index >= 15 is 0 Å². The van der Waals surface area contributed by atoms with Crippen molar-refractivity contribution in [3.63, 3.8) is 0 Å². The number of nitro benzene ring substituents is 1. The molecule has 98 valence electrons. The second-order valence-corrected chi connectivity index (χ2v) is 4.75. The number of nitriles is 1. The van der Waals surface area contributed by atoms with Gasteiger partial charge in [0.1, 0.15) is 6.04 Å². The smallest absolute Gasteiger partial charge is 0.270 e. The van der Waals surface area contributed by atoms with Gasteiger partial charge < -0.3 is 5.32 Å². The van der Waals surface area contributed by atoms with Gasteiger partial charge in [0, 0.05) is 12.1 Å². The summed E-state index contributed by atoms with van der Waals surface area (Å²) < 4.78 is 0. The molecule has 0 spiro atoms. The molecule has 1 unspecified atom stereocenters. The minimum atomic E-state index is -0.601. The lowest BCUT2D eigenvalue weighted by atomic mass is 10.1. The SMILES string of the molecule is N#CC(NC(=O)c1cc([N+](=O)[O-])ccc1Cl)C1CC1. The summed E-state index contributed by atoms with van der Waals surface area (Å²) in [6.45, 7) is 0. The molecule has 19 heavy (non-hydrogen) atoms. The monoisotopic (exact) mass is 279 g/mol. The lowest BCUT2D eigenvalue weighted by Gasteiger charge is -2.11. The van der Waals surface area contributed by atoms with E-state index in [1.54, 1.807) is 0 Å². The number of nitro groups is 1. The molecule has 1 fully saturated rings. The summed E-state index contributed by atoms with van der Waals surface area (Å²) in [5.74, 6) is -0.390. The molecule has 0 heterocycles. The molecule has 1 amide bonds. The van der Waals surface area contributed by atoms with Crippen LogP contribution in [0.15, 0.2) is 18.2 Å². The standard InChI is InChI=1S/C12H10ClN3O3/c13-10-4-3-8(16(18)19)5-9(10)12(17)15-11(6-14)7-1-2-7/h3-5,7,11H,1-2H2,(H,15,17). The molecule has 1 atom stereocenters. The maximum atomic E-state index is 12.0. The Hall–Kier alpha value is -2.13. The van der Waals surface area contributed by atoms with Crippen molar-refractivity contribution < 1.29 is 9.72 Å². The summed E-state index contributed by atoms with van der Waals surface area (Å²) in [7, 11) is 0. The van der Waals surface area contributed by atoms with E-state index in [-0.39, 0.29) is 22.2 Å². The van der Waals surface area contributed by atoms with Crippen molar-refractivity contribution in [3.05, 3.63) is 38.9 Å². The van der Waals surface area contributed by atoms with Gasteiger partial charge in [-0.25, -0.2) is 0 Å². The number of benzene rings is 1. The lowest BCUT2D eigenvalue weighted by molar-refractivity contribution is -0.384. The van der Waals surface area contributed by atoms with Crippen LogP contribution in [-0.4, -0.2) is 16.9 Å². The number of hydrogen-bond acceptors (Lipinski definition) is 4. The van der Waals surface area contributed by atoms with Gasteiger partial charge in [-0.2, -0.15) is 5.26 Å². The van der Waals surface area contributed by atoms with Gasteiger partial charge in [-0.3, -0.25) is 14.9 Å². The Morgan fingerprint density at radius 3 is 2.79 bits per heavy atom. The Morgan fingerprint density at radius 1 is 1.58 bits per heavy atom. The number of carbonyl (C=O) groups excluding carboxylic acids is 1. The zero-order valence-corrected chi connectivity index (χ0v) is 10.6. The van der Waals surface area contributed by atoms with Crippen LogP contribution in [0.2, 0.25) is 5.02 Å². The number of nitrogens with zero attached hydrogens (tertiary/aromatic N) is 2. The predicted molar refractivity (Wildman–Crippen MR) is 67.7 cm³/mol. The van der Waals surface area contributed by atoms with Gasteiger partial charge in [0.15, 0.2) is 0 Å². The van der Waals surface area contributed by atoms with E-state index in [2.05, 4.69) is 5.32 Å². The fourth-order valence-corrected chi connectivity index (χ4v) is 1.91. The molecule has 0 saturated heterocycles. The fraction of sp³-hybridized carbons (Fsp3) is 0.333. The Labute approximate surface area is 114 Å². The van der Waals surface area contributed by atoms with E-state index in [9.17, 15) is 14.9 Å². The number of amides is 1. The molecule has 1 saturated carbocycles. The second-order valence-electron chi connectivity index (χ2n) is 4.34. The van der Waals surface area contributed by atoms with Gasteiger partial charge in [-0.15, -0.1) is 0 Å². The first kappa shape index (κ1) is 13.3. The molecule has 1 aliphatic carbocycles. The molecule has 7 heteroatoms. The second kappa shape index (κ2) is 5.24. The third-order valence-corrected chi connectivity index (χ3v) is 3.25. The molecule has 1 aromatic rings. The molecule has 0 bridgehead atoms. The lowest BCUT2D eigenvalue weighted by Crippen LogP contribution is -2.35. The molecule has 0 aliphatic heterocycles. The van der Waals surface area contributed by atoms with Crippen molar-refractivity contribution >= 4 is 23.2 Å². The van der Waals surface area contributed by atoms with Crippen molar-refractivity contribution in [3.8, 4) is 6.07 Å². The van der Waals surface area contributed by atoms with E-state index < -0.39 is 16.9 Å². The highest BCUT2D eigenvalue weighted by atomic mass is 35.5. The summed E-state index contributed by atoms with van der Waals surface area (Å²) in [6.07, 6.45) is 1.81. The number of nitrogens with one attached hydrogen (secondary N) is 1. The summed E-state index contributed by atoms with van der Waals surface area (Å²) in [6, 6.07) is 5.08. The van der Waals surface area contributed by atoms with Crippen LogP contribution < -0.4 is 5.32 Å². The molecular formula is C12H10ClN3O3. The van der Waals surface area contributed by atoms with Gasteiger partial charge in [0.2, 0.25) is 0 Å². The van der Waals surface area contributed by atoms with Crippen molar-refractivity contribution in [1.82, 2.24) is 5.32 Å². The molecule has 1 aromatic carbocycles. The average molecular weight is 280 g/mol. The minimum absolute atomic E-state index is 0.0109. The summed E-state index contributed by atoms with van der Waals surface area (Å²) >= 11 is 5.85. The van der Waals surface area contributed by atoms with Gasteiger partial charge in [0.05, 0.1) is 21.6 Å². The zero-order valence-electron chi connectivity index (χ0n) is 9.80. The van der Waals surface area contributed by atoms with Crippen molar-refractivity contribution in [2.24, 2.45) is 5.92 Å². The Morgan fingerprint density at radius 2 is 2.26 bits per heavy atom. The van der Waals surface area contributed by atoms with Crippen LogP contribution in [0, 0.1) is 27.4 Å². The topological polar surface area (TPSA) is 96.0 Å². The summed E-state index contributed by atoms with van der Waals surface area (Å²) in [5.41, 5.74) is -0.203. The van der Waals surface area contributed by atoms with Crippen LogP contribution in [0.25, 0.3) is 0 Å². The largest absolute Gasteiger partial charge is 0.336 e. The van der Waals surface area contributed by atoms with Crippen molar-refractivity contribution in [2.45, 2.75) is 18.9 Å². The molecule has 6 nitrogen and oxygen atoms in total. The normalized spacial score (nSPS) is 15.4. The number of carbonyl (C=O) groups is 1. The minimum Gasteiger partial charge on any atom is -0.336 e. The quantitative estimate of drug-likeness (QED) is 0.675. The van der Waals surface area contributed by atoms with Crippen molar-refractivity contribution in [2.75, 3.05) is 0 Å². The maximum Gasteiger partial charge on any atom is 0.270 e. The van der Waals surface area contributed by atoms with Gasteiger partial charge >= 0.3 is 0 Å². The number of hydrogen-bond donors (Lipinski definition) is 1. The van der Waals surface area contributed by atoms with Gasteiger partial charge in [-0.1, -0.05) is 11.6 Å². The van der Waals surface area contributed by atoms with E-state index in [0.717, 1.165) is 18.9 Å². The third kappa shape index (κ3) is 3.01.